The summed E-state index contributed by atoms with van der Waals surface area (Å²) in [5, 5.41) is 2.65. The van der Waals surface area contributed by atoms with E-state index < -0.39 is 0 Å². The minimum atomic E-state index is -0.332. The quantitative estimate of drug-likeness (QED) is 0.856. The summed E-state index contributed by atoms with van der Waals surface area (Å²) in [7, 11) is 0. The Morgan fingerprint density at radius 2 is 2.00 bits per heavy atom. The number of anilines is 1. The third-order valence-electron chi connectivity index (χ3n) is 3.63. The van der Waals surface area contributed by atoms with Crippen molar-refractivity contribution in [1.82, 2.24) is 0 Å². The first-order valence-electron chi connectivity index (χ1n) is 6.96. The third kappa shape index (κ3) is 3.40. The van der Waals surface area contributed by atoms with Gasteiger partial charge in [-0.1, -0.05) is 6.92 Å². The fourth-order valence-electron chi connectivity index (χ4n) is 2.25. The molecular formula is C17H16FNO2. The largest absolute Gasteiger partial charge is 0.461 e. The van der Waals surface area contributed by atoms with E-state index in [2.05, 4.69) is 12.2 Å². The van der Waals surface area contributed by atoms with Gasteiger partial charge in [0.05, 0.1) is 0 Å². The molecule has 0 saturated heterocycles. The number of carbonyl (C=O) groups excluding carboxylic acids is 1. The van der Waals surface area contributed by atoms with Crippen molar-refractivity contribution >= 4 is 17.7 Å². The predicted molar refractivity (Wildman–Crippen MR) is 79.3 cm³/mol. The summed E-state index contributed by atoms with van der Waals surface area (Å²) in [6.07, 6.45) is 4.21. The van der Waals surface area contributed by atoms with Crippen LogP contribution in [0.5, 0.6) is 0 Å². The van der Waals surface area contributed by atoms with Gasteiger partial charge in [0.1, 0.15) is 17.3 Å². The van der Waals surface area contributed by atoms with Crippen molar-refractivity contribution in [3.05, 3.63) is 59.8 Å². The SMILES string of the molecule is CC1CC1c1ccc(/C=C/C(=O)Nc2ccc(F)cc2)o1. The highest BCUT2D eigenvalue weighted by Gasteiger charge is 2.36. The minimum absolute atomic E-state index is 0.278. The molecule has 2 unspecified atom stereocenters. The average Bonchev–Trinajstić information content (AvgIpc) is 3.01. The molecule has 0 radical (unpaired) electrons. The zero-order chi connectivity index (χ0) is 14.8. The summed E-state index contributed by atoms with van der Waals surface area (Å²) in [5.74, 6) is 2.26. The van der Waals surface area contributed by atoms with Gasteiger partial charge < -0.3 is 9.73 Å². The van der Waals surface area contributed by atoms with E-state index in [0.29, 0.717) is 23.3 Å². The van der Waals surface area contributed by atoms with Crippen LogP contribution in [0.25, 0.3) is 6.08 Å². The molecule has 1 aliphatic rings. The number of benzene rings is 1. The molecule has 2 atom stereocenters. The molecule has 1 aliphatic carbocycles. The first-order valence-corrected chi connectivity index (χ1v) is 6.96. The van der Waals surface area contributed by atoms with Gasteiger partial charge in [0.2, 0.25) is 5.91 Å². The van der Waals surface area contributed by atoms with E-state index >= 15 is 0 Å². The van der Waals surface area contributed by atoms with Gasteiger partial charge >= 0.3 is 0 Å². The maximum Gasteiger partial charge on any atom is 0.248 e. The maximum absolute atomic E-state index is 12.8. The van der Waals surface area contributed by atoms with E-state index in [4.69, 9.17) is 4.42 Å². The lowest BCUT2D eigenvalue weighted by molar-refractivity contribution is -0.111. The zero-order valence-corrected chi connectivity index (χ0v) is 11.7. The molecule has 108 valence electrons. The van der Waals surface area contributed by atoms with E-state index in [1.807, 2.05) is 12.1 Å². The molecule has 1 fully saturated rings. The highest BCUT2D eigenvalue weighted by Crippen LogP contribution is 2.47. The molecule has 2 aromatic rings. The lowest BCUT2D eigenvalue weighted by Gasteiger charge is -2.00. The molecule has 1 aromatic heterocycles. The monoisotopic (exact) mass is 285 g/mol. The normalized spacial score (nSPS) is 20.7. The Kier molecular flexibility index (Phi) is 3.60. The molecule has 1 saturated carbocycles. The van der Waals surface area contributed by atoms with E-state index in [1.165, 1.54) is 36.8 Å². The van der Waals surface area contributed by atoms with Gasteiger partial charge in [-0.25, -0.2) is 4.39 Å². The van der Waals surface area contributed by atoms with Crippen molar-refractivity contribution in [2.24, 2.45) is 5.92 Å². The van der Waals surface area contributed by atoms with Crippen LogP contribution in [-0.2, 0) is 4.79 Å². The number of hydrogen-bond donors (Lipinski definition) is 1. The summed E-state index contributed by atoms with van der Waals surface area (Å²) in [6.45, 7) is 2.19. The van der Waals surface area contributed by atoms with E-state index in [-0.39, 0.29) is 11.7 Å². The number of hydrogen-bond acceptors (Lipinski definition) is 2. The van der Waals surface area contributed by atoms with Gasteiger partial charge in [0.25, 0.3) is 0 Å². The van der Waals surface area contributed by atoms with Crippen LogP contribution in [0, 0.1) is 11.7 Å². The van der Waals surface area contributed by atoms with Crippen LogP contribution in [0.3, 0.4) is 0 Å². The molecule has 21 heavy (non-hydrogen) atoms. The third-order valence-corrected chi connectivity index (χ3v) is 3.63. The fourth-order valence-corrected chi connectivity index (χ4v) is 2.25. The summed E-state index contributed by atoms with van der Waals surface area (Å²) in [5.41, 5.74) is 0.554. The van der Waals surface area contributed by atoms with Crippen molar-refractivity contribution in [2.75, 3.05) is 5.32 Å². The summed E-state index contributed by atoms with van der Waals surface area (Å²) < 4.78 is 18.4. The van der Waals surface area contributed by atoms with Gasteiger partial charge in [-0.2, -0.15) is 0 Å². The molecule has 1 N–H and O–H groups in total. The molecule has 0 aliphatic heterocycles. The van der Waals surface area contributed by atoms with Crippen LogP contribution in [0.15, 0.2) is 46.9 Å². The standard InChI is InChI=1S/C17H16FNO2/c1-11-10-15(11)16-8-6-14(21-16)7-9-17(20)19-13-4-2-12(18)3-5-13/h2-9,11,15H,10H2,1H3,(H,19,20)/b9-7+. The molecule has 3 rings (SSSR count). The van der Waals surface area contributed by atoms with Crippen LogP contribution in [0.4, 0.5) is 10.1 Å². The molecule has 4 heteroatoms. The Bertz CT molecular complexity index is 672. The minimum Gasteiger partial charge on any atom is -0.461 e. The van der Waals surface area contributed by atoms with E-state index in [9.17, 15) is 9.18 Å². The predicted octanol–water partition coefficient (Wildman–Crippen LogP) is 4.19. The zero-order valence-electron chi connectivity index (χ0n) is 11.7. The Morgan fingerprint density at radius 3 is 2.67 bits per heavy atom. The van der Waals surface area contributed by atoms with Crippen LogP contribution in [-0.4, -0.2) is 5.91 Å². The summed E-state index contributed by atoms with van der Waals surface area (Å²) in [6, 6.07) is 9.46. The summed E-state index contributed by atoms with van der Waals surface area (Å²) in [4.78, 5) is 11.7. The smallest absolute Gasteiger partial charge is 0.248 e. The molecule has 1 aromatic carbocycles. The van der Waals surface area contributed by atoms with Gasteiger partial charge in [-0.05, 0) is 54.8 Å². The van der Waals surface area contributed by atoms with Crippen molar-refractivity contribution in [1.29, 1.82) is 0 Å². The number of halogens is 1. The van der Waals surface area contributed by atoms with Gasteiger partial charge in [-0.3, -0.25) is 4.79 Å². The number of furan rings is 1. The Labute approximate surface area is 122 Å². The maximum atomic E-state index is 12.8. The van der Waals surface area contributed by atoms with E-state index in [1.54, 1.807) is 6.08 Å². The second-order valence-electron chi connectivity index (χ2n) is 5.39. The number of rotatable bonds is 4. The molecule has 3 nitrogen and oxygen atoms in total. The molecular weight excluding hydrogens is 269 g/mol. The van der Waals surface area contributed by atoms with Crippen LogP contribution >= 0.6 is 0 Å². The Hall–Kier alpha value is -2.36. The van der Waals surface area contributed by atoms with Crippen molar-refractivity contribution in [2.45, 2.75) is 19.3 Å². The van der Waals surface area contributed by atoms with Crippen LogP contribution < -0.4 is 5.32 Å². The fraction of sp³-hybridized carbons (Fsp3) is 0.235. The molecule has 1 amide bonds. The average molecular weight is 285 g/mol. The second kappa shape index (κ2) is 5.56. The second-order valence-corrected chi connectivity index (χ2v) is 5.39. The first kappa shape index (κ1) is 13.6. The van der Waals surface area contributed by atoms with Gasteiger partial charge in [0.15, 0.2) is 0 Å². The van der Waals surface area contributed by atoms with Crippen molar-refractivity contribution in [3.8, 4) is 0 Å². The van der Waals surface area contributed by atoms with E-state index in [0.717, 1.165) is 5.76 Å². The Balaban J connectivity index is 1.58. The van der Waals surface area contributed by atoms with Crippen LogP contribution in [0.1, 0.15) is 30.8 Å². The van der Waals surface area contributed by atoms with Gasteiger partial charge in [0, 0.05) is 17.7 Å². The van der Waals surface area contributed by atoms with Crippen molar-refractivity contribution < 1.29 is 13.6 Å². The lowest BCUT2D eigenvalue weighted by Crippen LogP contribution is -2.07. The molecule has 1 heterocycles. The first-order chi connectivity index (χ1) is 10.1. The highest BCUT2D eigenvalue weighted by molar-refractivity contribution is 6.01. The topological polar surface area (TPSA) is 42.2 Å². The van der Waals surface area contributed by atoms with Crippen molar-refractivity contribution in [3.63, 3.8) is 0 Å². The van der Waals surface area contributed by atoms with Gasteiger partial charge in [-0.15, -0.1) is 0 Å². The number of carbonyl (C=O) groups is 1. The Morgan fingerprint density at radius 1 is 1.29 bits per heavy atom. The summed E-state index contributed by atoms with van der Waals surface area (Å²) >= 11 is 0. The highest BCUT2D eigenvalue weighted by atomic mass is 19.1. The van der Waals surface area contributed by atoms with Crippen LogP contribution in [0.2, 0.25) is 0 Å². The number of amides is 1. The molecule has 0 bridgehead atoms. The molecule has 0 spiro atoms. The lowest BCUT2D eigenvalue weighted by atomic mass is 10.3. The number of nitrogens with one attached hydrogen (secondary N) is 1.